The highest BCUT2D eigenvalue weighted by molar-refractivity contribution is 6.04. The second kappa shape index (κ2) is 9.55. The lowest BCUT2D eigenvalue weighted by atomic mass is 9.95. The normalized spacial score (nSPS) is 17.3. The number of carbonyl (C=O) groups excluding carboxylic acids is 2. The predicted octanol–water partition coefficient (Wildman–Crippen LogP) is 4.58. The molecule has 7 nitrogen and oxygen atoms in total. The van der Waals surface area contributed by atoms with Crippen LogP contribution in [0.4, 0.5) is 5.69 Å². The van der Waals surface area contributed by atoms with Gasteiger partial charge in [-0.15, -0.1) is 0 Å². The number of nitrogens with one attached hydrogen (secondary N) is 3. The second-order valence-electron chi connectivity index (χ2n) is 8.87. The molecule has 2 amide bonds. The van der Waals surface area contributed by atoms with Gasteiger partial charge < -0.3 is 20.4 Å². The van der Waals surface area contributed by atoms with E-state index in [1.54, 1.807) is 31.4 Å². The van der Waals surface area contributed by atoms with Crippen molar-refractivity contribution < 1.29 is 14.3 Å². The lowest BCUT2D eigenvalue weighted by molar-refractivity contribution is -0.124. The number of ether oxygens (including phenoxy) is 1. The summed E-state index contributed by atoms with van der Waals surface area (Å²) in [4.78, 5) is 33.2. The fourth-order valence-electron chi connectivity index (χ4n) is 4.56. The molecule has 2 aliphatic rings. The summed E-state index contributed by atoms with van der Waals surface area (Å²) in [5.41, 5.74) is 4.02. The smallest absolute Gasteiger partial charge is 0.255 e. The van der Waals surface area contributed by atoms with E-state index < -0.39 is 0 Å². The molecule has 0 saturated heterocycles. The van der Waals surface area contributed by atoms with E-state index in [9.17, 15) is 9.59 Å². The van der Waals surface area contributed by atoms with Crippen LogP contribution in [0.25, 0.3) is 17.5 Å². The van der Waals surface area contributed by atoms with Crippen molar-refractivity contribution in [3.05, 3.63) is 71.6 Å². The number of benzene rings is 2. The van der Waals surface area contributed by atoms with Crippen LogP contribution in [-0.4, -0.2) is 34.9 Å². The molecule has 174 valence electrons. The molecule has 7 heteroatoms. The number of rotatable bonds is 6. The van der Waals surface area contributed by atoms with Crippen molar-refractivity contribution >= 4 is 23.6 Å². The van der Waals surface area contributed by atoms with Crippen molar-refractivity contribution in [2.75, 3.05) is 12.4 Å². The quantitative estimate of drug-likeness (QED) is 0.506. The topological polar surface area (TPSA) is 96.1 Å². The molecule has 1 heterocycles. The number of aromatic nitrogens is 2. The Morgan fingerprint density at radius 2 is 1.76 bits per heavy atom. The molecule has 0 radical (unpaired) electrons. The summed E-state index contributed by atoms with van der Waals surface area (Å²) in [7, 11) is 1.59. The highest BCUT2D eigenvalue weighted by Crippen LogP contribution is 2.27. The maximum atomic E-state index is 12.7. The lowest BCUT2D eigenvalue weighted by Gasteiger charge is -2.19. The first-order valence-corrected chi connectivity index (χ1v) is 11.7. The van der Waals surface area contributed by atoms with Crippen molar-refractivity contribution in [2.45, 2.75) is 38.1 Å². The van der Waals surface area contributed by atoms with Crippen LogP contribution >= 0.6 is 0 Å². The molecule has 3 aromatic rings. The Morgan fingerprint density at radius 3 is 2.47 bits per heavy atom. The summed E-state index contributed by atoms with van der Waals surface area (Å²) >= 11 is 0. The number of methoxy groups -OCH3 is 1. The van der Waals surface area contributed by atoms with E-state index in [-0.39, 0.29) is 17.7 Å². The fourth-order valence-corrected chi connectivity index (χ4v) is 4.56. The molecule has 34 heavy (non-hydrogen) atoms. The number of amides is 2. The van der Waals surface area contributed by atoms with Crippen LogP contribution in [0.3, 0.4) is 0 Å². The standard InChI is InChI=1S/C27H28N4O3/c1-34-22-13-8-18(9-14-22)26(32)29-21-11-6-17(7-12-21)25-30-23-15-10-19(16-24(23)31-25)27(33)28-20-4-2-3-5-20/h6-15,19-20H,2-5,16H2,1H3,(H,28,33)(H,29,32)(H,30,31). The zero-order chi connectivity index (χ0) is 23.5. The molecule has 2 aromatic carbocycles. The Hall–Kier alpha value is -3.87. The molecule has 2 aliphatic carbocycles. The molecule has 5 rings (SSSR count). The van der Waals surface area contributed by atoms with Crippen LogP contribution in [0.2, 0.25) is 0 Å². The van der Waals surface area contributed by atoms with Crippen molar-refractivity contribution in [1.29, 1.82) is 0 Å². The number of aromatic amines is 1. The largest absolute Gasteiger partial charge is 0.497 e. The maximum Gasteiger partial charge on any atom is 0.255 e. The third-order valence-corrected chi connectivity index (χ3v) is 6.53. The Kier molecular flexibility index (Phi) is 6.16. The SMILES string of the molecule is COc1ccc(C(=O)Nc2ccc(-c3nc4c([nH]3)CC(C(=O)NC3CCCC3)C=C4)cc2)cc1. The van der Waals surface area contributed by atoms with Crippen LogP contribution in [0.1, 0.15) is 47.4 Å². The number of hydrogen-bond acceptors (Lipinski definition) is 4. The van der Waals surface area contributed by atoms with Gasteiger partial charge in [-0.05, 0) is 67.4 Å². The van der Waals surface area contributed by atoms with Crippen molar-refractivity contribution in [3.63, 3.8) is 0 Å². The molecule has 0 spiro atoms. The van der Waals surface area contributed by atoms with Gasteiger partial charge in [-0.2, -0.15) is 0 Å². The number of anilines is 1. The first-order valence-electron chi connectivity index (χ1n) is 11.7. The summed E-state index contributed by atoms with van der Waals surface area (Å²) in [6.07, 6.45) is 9.06. The van der Waals surface area contributed by atoms with E-state index in [1.807, 2.05) is 36.4 Å². The Bertz CT molecular complexity index is 1210. The van der Waals surface area contributed by atoms with E-state index in [0.717, 1.165) is 35.6 Å². The van der Waals surface area contributed by atoms with Gasteiger partial charge in [0.1, 0.15) is 11.6 Å². The van der Waals surface area contributed by atoms with Crippen LogP contribution in [0.5, 0.6) is 5.75 Å². The lowest BCUT2D eigenvalue weighted by Crippen LogP contribution is -2.38. The average Bonchev–Trinajstić information content (AvgIpc) is 3.54. The van der Waals surface area contributed by atoms with Gasteiger partial charge in [0.2, 0.25) is 5.91 Å². The Morgan fingerprint density at radius 1 is 1.03 bits per heavy atom. The van der Waals surface area contributed by atoms with Gasteiger partial charge in [0, 0.05) is 35.0 Å². The molecule has 0 aliphatic heterocycles. The molecule has 1 fully saturated rings. The molecule has 1 aromatic heterocycles. The average molecular weight is 457 g/mol. The third kappa shape index (κ3) is 4.73. The number of carbonyl (C=O) groups is 2. The van der Waals surface area contributed by atoms with Gasteiger partial charge in [-0.3, -0.25) is 9.59 Å². The first kappa shape index (κ1) is 21.9. The van der Waals surface area contributed by atoms with E-state index in [1.165, 1.54) is 12.8 Å². The molecule has 1 atom stereocenters. The van der Waals surface area contributed by atoms with E-state index in [4.69, 9.17) is 9.72 Å². The molecule has 3 N–H and O–H groups in total. The van der Waals surface area contributed by atoms with E-state index in [0.29, 0.717) is 29.5 Å². The molecular formula is C27H28N4O3. The number of H-pyrrole nitrogens is 1. The van der Waals surface area contributed by atoms with Crippen molar-refractivity contribution in [3.8, 4) is 17.1 Å². The van der Waals surface area contributed by atoms with Crippen LogP contribution in [0.15, 0.2) is 54.6 Å². The highest BCUT2D eigenvalue weighted by atomic mass is 16.5. The Labute approximate surface area is 198 Å². The summed E-state index contributed by atoms with van der Waals surface area (Å²) in [6.45, 7) is 0. The van der Waals surface area contributed by atoms with Gasteiger partial charge in [0.05, 0.1) is 18.7 Å². The van der Waals surface area contributed by atoms with Crippen molar-refractivity contribution in [2.24, 2.45) is 5.92 Å². The summed E-state index contributed by atoms with van der Waals surface area (Å²) in [5, 5.41) is 6.10. The van der Waals surface area contributed by atoms with E-state index in [2.05, 4.69) is 15.6 Å². The minimum Gasteiger partial charge on any atom is -0.497 e. The molecular weight excluding hydrogens is 428 g/mol. The highest BCUT2D eigenvalue weighted by Gasteiger charge is 2.26. The maximum absolute atomic E-state index is 12.7. The van der Waals surface area contributed by atoms with Gasteiger partial charge >= 0.3 is 0 Å². The molecule has 1 unspecified atom stereocenters. The zero-order valence-corrected chi connectivity index (χ0v) is 19.1. The fraction of sp³-hybridized carbons (Fsp3) is 0.296. The van der Waals surface area contributed by atoms with E-state index >= 15 is 0 Å². The van der Waals surface area contributed by atoms with Crippen molar-refractivity contribution in [1.82, 2.24) is 15.3 Å². The number of hydrogen-bond donors (Lipinski definition) is 3. The van der Waals surface area contributed by atoms with Gasteiger partial charge in [0.25, 0.3) is 5.91 Å². The second-order valence-corrected chi connectivity index (χ2v) is 8.87. The number of nitrogens with zero attached hydrogens (tertiary/aromatic N) is 1. The number of imidazole rings is 1. The summed E-state index contributed by atoms with van der Waals surface area (Å²) in [6, 6.07) is 14.8. The zero-order valence-electron chi connectivity index (χ0n) is 19.1. The van der Waals surface area contributed by atoms with Crippen LogP contribution < -0.4 is 15.4 Å². The van der Waals surface area contributed by atoms with Gasteiger partial charge in [-0.1, -0.05) is 18.9 Å². The van der Waals surface area contributed by atoms with Crippen LogP contribution in [-0.2, 0) is 11.2 Å². The first-order chi connectivity index (χ1) is 16.6. The summed E-state index contributed by atoms with van der Waals surface area (Å²) < 4.78 is 5.13. The predicted molar refractivity (Wildman–Crippen MR) is 132 cm³/mol. The van der Waals surface area contributed by atoms with Gasteiger partial charge in [0.15, 0.2) is 0 Å². The summed E-state index contributed by atoms with van der Waals surface area (Å²) in [5.74, 6) is 1.20. The molecule has 0 bridgehead atoms. The minimum absolute atomic E-state index is 0.0990. The monoisotopic (exact) mass is 456 g/mol. The minimum atomic E-state index is -0.184. The van der Waals surface area contributed by atoms with Gasteiger partial charge in [-0.25, -0.2) is 4.98 Å². The van der Waals surface area contributed by atoms with Crippen LogP contribution in [0, 0.1) is 5.92 Å². The Balaban J connectivity index is 1.22. The third-order valence-electron chi connectivity index (χ3n) is 6.53. The number of fused-ring (bicyclic) bond motifs is 1. The molecule has 1 saturated carbocycles.